The van der Waals surface area contributed by atoms with Crippen LogP contribution in [0.15, 0.2) is 30.3 Å². The monoisotopic (exact) mass is 231 g/mol. The standard InChI is InChI=1S/C13H17N3O/c14-13(17)5-4-11-2-1-3-12(10-11)16-8-6-15-7-9-16/h1-5,10,15H,6-9H2,(H2,14,17). The number of hydrogen-bond acceptors (Lipinski definition) is 3. The van der Waals surface area contributed by atoms with E-state index in [-0.39, 0.29) is 0 Å². The van der Waals surface area contributed by atoms with Gasteiger partial charge in [0.15, 0.2) is 0 Å². The van der Waals surface area contributed by atoms with Gasteiger partial charge in [-0.1, -0.05) is 12.1 Å². The van der Waals surface area contributed by atoms with Crippen molar-refractivity contribution in [1.29, 1.82) is 0 Å². The molecule has 90 valence electrons. The molecule has 0 bridgehead atoms. The molecule has 1 amide bonds. The normalized spacial score (nSPS) is 16.4. The molecule has 4 heteroatoms. The topological polar surface area (TPSA) is 58.4 Å². The highest BCUT2D eigenvalue weighted by molar-refractivity contribution is 5.90. The van der Waals surface area contributed by atoms with Gasteiger partial charge < -0.3 is 16.0 Å². The SMILES string of the molecule is NC(=O)C=Cc1cccc(N2CCNCC2)c1. The molecule has 1 aromatic rings. The molecule has 1 heterocycles. The third kappa shape index (κ3) is 3.32. The summed E-state index contributed by atoms with van der Waals surface area (Å²) in [6.45, 7) is 4.06. The van der Waals surface area contributed by atoms with Crippen molar-refractivity contribution in [1.82, 2.24) is 5.32 Å². The molecule has 0 radical (unpaired) electrons. The number of carbonyl (C=O) groups is 1. The predicted molar refractivity (Wildman–Crippen MR) is 69.8 cm³/mol. The Morgan fingerprint density at radius 1 is 1.35 bits per heavy atom. The van der Waals surface area contributed by atoms with E-state index >= 15 is 0 Å². The number of amides is 1. The van der Waals surface area contributed by atoms with Crippen molar-refractivity contribution in [2.24, 2.45) is 5.73 Å². The summed E-state index contributed by atoms with van der Waals surface area (Å²) in [4.78, 5) is 13.0. The van der Waals surface area contributed by atoms with Crippen LogP contribution in [0.5, 0.6) is 0 Å². The fourth-order valence-electron chi connectivity index (χ4n) is 1.93. The number of rotatable bonds is 3. The van der Waals surface area contributed by atoms with Crippen LogP contribution in [0.25, 0.3) is 6.08 Å². The van der Waals surface area contributed by atoms with Crippen molar-refractivity contribution in [2.45, 2.75) is 0 Å². The highest BCUT2D eigenvalue weighted by Gasteiger charge is 2.09. The van der Waals surface area contributed by atoms with Crippen LogP contribution in [0.4, 0.5) is 5.69 Å². The minimum Gasteiger partial charge on any atom is -0.369 e. The van der Waals surface area contributed by atoms with Gasteiger partial charge >= 0.3 is 0 Å². The Balaban J connectivity index is 2.12. The first-order valence-corrected chi connectivity index (χ1v) is 5.79. The minimum absolute atomic E-state index is 0.419. The largest absolute Gasteiger partial charge is 0.369 e. The fourth-order valence-corrected chi connectivity index (χ4v) is 1.93. The van der Waals surface area contributed by atoms with Gasteiger partial charge in [0.05, 0.1) is 0 Å². The van der Waals surface area contributed by atoms with Gasteiger partial charge in [0.25, 0.3) is 0 Å². The molecule has 17 heavy (non-hydrogen) atoms. The number of primary amides is 1. The Labute approximate surface area is 101 Å². The van der Waals surface area contributed by atoms with Crippen molar-refractivity contribution >= 4 is 17.7 Å². The van der Waals surface area contributed by atoms with Crippen LogP contribution in [0.1, 0.15) is 5.56 Å². The number of hydrogen-bond donors (Lipinski definition) is 2. The van der Waals surface area contributed by atoms with E-state index < -0.39 is 5.91 Å². The molecule has 4 nitrogen and oxygen atoms in total. The molecule has 0 unspecified atom stereocenters. The van der Waals surface area contributed by atoms with Gasteiger partial charge in [0, 0.05) is 37.9 Å². The maximum absolute atomic E-state index is 10.7. The van der Waals surface area contributed by atoms with Gasteiger partial charge in [-0.3, -0.25) is 4.79 Å². The number of piperazine rings is 1. The van der Waals surface area contributed by atoms with Gasteiger partial charge in [-0.25, -0.2) is 0 Å². The molecule has 0 spiro atoms. The molecule has 1 aromatic carbocycles. The molecule has 3 N–H and O–H groups in total. The molecule has 0 aliphatic carbocycles. The lowest BCUT2D eigenvalue weighted by Crippen LogP contribution is -2.43. The van der Waals surface area contributed by atoms with Crippen LogP contribution in [0.3, 0.4) is 0 Å². The van der Waals surface area contributed by atoms with Crippen LogP contribution in [-0.4, -0.2) is 32.1 Å². The smallest absolute Gasteiger partial charge is 0.241 e. The zero-order valence-electron chi connectivity index (χ0n) is 9.73. The van der Waals surface area contributed by atoms with Crippen LogP contribution < -0.4 is 16.0 Å². The van der Waals surface area contributed by atoms with Crippen LogP contribution in [0.2, 0.25) is 0 Å². The molecular weight excluding hydrogens is 214 g/mol. The summed E-state index contributed by atoms with van der Waals surface area (Å²) in [7, 11) is 0. The summed E-state index contributed by atoms with van der Waals surface area (Å²) in [5, 5.41) is 3.32. The number of nitrogens with zero attached hydrogens (tertiary/aromatic N) is 1. The van der Waals surface area contributed by atoms with Crippen LogP contribution >= 0.6 is 0 Å². The maximum atomic E-state index is 10.7. The van der Waals surface area contributed by atoms with Gasteiger partial charge in [-0.2, -0.15) is 0 Å². The molecule has 0 aromatic heterocycles. The maximum Gasteiger partial charge on any atom is 0.241 e. The second-order valence-corrected chi connectivity index (χ2v) is 4.07. The van der Waals surface area contributed by atoms with Crippen LogP contribution in [0, 0.1) is 0 Å². The summed E-state index contributed by atoms with van der Waals surface area (Å²) in [5.74, 6) is -0.419. The number of anilines is 1. The highest BCUT2D eigenvalue weighted by atomic mass is 16.1. The van der Waals surface area contributed by atoms with Crippen molar-refractivity contribution in [3.8, 4) is 0 Å². The summed E-state index contributed by atoms with van der Waals surface area (Å²) < 4.78 is 0. The molecule has 0 atom stereocenters. The number of nitrogens with one attached hydrogen (secondary N) is 1. The van der Waals surface area contributed by atoms with E-state index in [0.717, 1.165) is 31.7 Å². The first-order valence-electron chi connectivity index (χ1n) is 5.79. The molecule has 1 saturated heterocycles. The van der Waals surface area contributed by atoms with Crippen molar-refractivity contribution < 1.29 is 4.79 Å². The number of nitrogens with two attached hydrogens (primary N) is 1. The van der Waals surface area contributed by atoms with Crippen molar-refractivity contribution in [3.05, 3.63) is 35.9 Å². The van der Waals surface area contributed by atoms with E-state index in [4.69, 9.17) is 5.73 Å². The van der Waals surface area contributed by atoms with E-state index in [1.165, 1.54) is 11.8 Å². The Kier molecular flexibility index (Phi) is 3.77. The summed E-state index contributed by atoms with van der Waals surface area (Å²) in [5.41, 5.74) is 7.27. The second kappa shape index (κ2) is 5.50. The average Bonchev–Trinajstić information content (AvgIpc) is 2.38. The third-order valence-corrected chi connectivity index (χ3v) is 2.79. The predicted octanol–water partition coefficient (Wildman–Crippen LogP) is 0.595. The van der Waals surface area contributed by atoms with E-state index in [0.29, 0.717) is 0 Å². The average molecular weight is 231 g/mol. The minimum atomic E-state index is -0.419. The quantitative estimate of drug-likeness (QED) is 0.749. The number of carbonyl (C=O) groups excluding carboxylic acids is 1. The Bertz CT molecular complexity index is 422. The van der Waals surface area contributed by atoms with E-state index in [1.807, 2.05) is 12.1 Å². The fraction of sp³-hybridized carbons (Fsp3) is 0.308. The highest BCUT2D eigenvalue weighted by Crippen LogP contribution is 2.17. The second-order valence-electron chi connectivity index (χ2n) is 4.07. The zero-order valence-corrected chi connectivity index (χ0v) is 9.73. The van der Waals surface area contributed by atoms with Gasteiger partial charge in [0.1, 0.15) is 0 Å². The van der Waals surface area contributed by atoms with Crippen molar-refractivity contribution in [2.75, 3.05) is 31.1 Å². The molecule has 2 rings (SSSR count). The van der Waals surface area contributed by atoms with Gasteiger partial charge in [-0.05, 0) is 23.8 Å². The molecular formula is C13H17N3O. The van der Waals surface area contributed by atoms with Crippen LogP contribution in [-0.2, 0) is 4.79 Å². The Morgan fingerprint density at radius 3 is 2.82 bits per heavy atom. The first kappa shape index (κ1) is 11.7. The Morgan fingerprint density at radius 2 is 2.12 bits per heavy atom. The van der Waals surface area contributed by atoms with E-state index in [9.17, 15) is 4.79 Å². The lowest BCUT2D eigenvalue weighted by molar-refractivity contribution is -0.113. The number of benzene rings is 1. The van der Waals surface area contributed by atoms with Gasteiger partial charge in [0.2, 0.25) is 5.91 Å². The summed E-state index contributed by atoms with van der Waals surface area (Å²) >= 11 is 0. The molecule has 1 aliphatic heterocycles. The third-order valence-electron chi connectivity index (χ3n) is 2.79. The summed E-state index contributed by atoms with van der Waals surface area (Å²) in [6, 6.07) is 8.13. The van der Waals surface area contributed by atoms with E-state index in [2.05, 4.69) is 22.3 Å². The zero-order chi connectivity index (χ0) is 12.1. The van der Waals surface area contributed by atoms with E-state index in [1.54, 1.807) is 6.08 Å². The first-order chi connectivity index (χ1) is 8.25. The van der Waals surface area contributed by atoms with Crippen molar-refractivity contribution in [3.63, 3.8) is 0 Å². The summed E-state index contributed by atoms with van der Waals surface area (Å²) in [6.07, 6.45) is 3.13. The van der Waals surface area contributed by atoms with Gasteiger partial charge in [-0.15, -0.1) is 0 Å². The molecule has 0 saturated carbocycles. The lowest BCUT2D eigenvalue weighted by Gasteiger charge is -2.29. The Hall–Kier alpha value is -1.81. The molecule has 1 aliphatic rings. The molecule has 1 fully saturated rings. The lowest BCUT2D eigenvalue weighted by atomic mass is 10.1.